The maximum absolute atomic E-state index is 6.18. The van der Waals surface area contributed by atoms with Crippen LogP contribution in [0.15, 0.2) is 28.8 Å². The van der Waals surface area contributed by atoms with Gasteiger partial charge >= 0.3 is 0 Å². The highest BCUT2D eigenvalue weighted by Gasteiger charge is 2.38. The molecule has 1 aliphatic carbocycles. The van der Waals surface area contributed by atoms with Crippen LogP contribution in [0.4, 0.5) is 0 Å². The van der Waals surface area contributed by atoms with Crippen molar-refractivity contribution in [3.8, 4) is 11.4 Å². The van der Waals surface area contributed by atoms with Crippen molar-refractivity contribution < 1.29 is 4.52 Å². The van der Waals surface area contributed by atoms with Crippen LogP contribution in [0.5, 0.6) is 0 Å². The van der Waals surface area contributed by atoms with Gasteiger partial charge in [-0.3, -0.25) is 0 Å². The number of benzene rings is 1. The summed E-state index contributed by atoms with van der Waals surface area (Å²) in [6.07, 6.45) is 5.64. The molecule has 5 heteroatoms. The molecular formula is C15H18ClN3O. The number of nitrogens with zero attached hydrogens (tertiary/aromatic N) is 2. The lowest BCUT2D eigenvalue weighted by atomic mass is 9.74. The van der Waals surface area contributed by atoms with Crippen LogP contribution >= 0.6 is 11.6 Å². The van der Waals surface area contributed by atoms with Crippen LogP contribution in [0.3, 0.4) is 0 Å². The zero-order chi connectivity index (χ0) is 14.0. The maximum Gasteiger partial charge on any atom is 0.234 e. The summed E-state index contributed by atoms with van der Waals surface area (Å²) in [5.41, 5.74) is 6.64. The van der Waals surface area contributed by atoms with Gasteiger partial charge in [0.15, 0.2) is 0 Å². The van der Waals surface area contributed by atoms with Crippen LogP contribution in [-0.4, -0.2) is 16.7 Å². The van der Waals surface area contributed by atoms with E-state index in [-0.39, 0.29) is 5.41 Å². The highest BCUT2D eigenvalue weighted by molar-refractivity contribution is 6.33. The Morgan fingerprint density at radius 2 is 1.95 bits per heavy atom. The van der Waals surface area contributed by atoms with Gasteiger partial charge < -0.3 is 10.3 Å². The summed E-state index contributed by atoms with van der Waals surface area (Å²) in [5.74, 6) is 1.21. The molecule has 4 nitrogen and oxygen atoms in total. The van der Waals surface area contributed by atoms with Crippen molar-refractivity contribution in [2.24, 2.45) is 5.73 Å². The van der Waals surface area contributed by atoms with Crippen LogP contribution in [0.2, 0.25) is 5.02 Å². The van der Waals surface area contributed by atoms with Crippen molar-refractivity contribution in [1.29, 1.82) is 0 Å². The van der Waals surface area contributed by atoms with Crippen molar-refractivity contribution >= 4 is 11.6 Å². The molecular weight excluding hydrogens is 274 g/mol. The topological polar surface area (TPSA) is 64.9 Å². The lowest BCUT2D eigenvalue weighted by molar-refractivity contribution is 0.220. The van der Waals surface area contributed by atoms with E-state index in [9.17, 15) is 0 Å². The smallest absolute Gasteiger partial charge is 0.234 e. The van der Waals surface area contributed by atoms with Gasteiger partial charge in [0.2, 0.25) is 11.7 Å². The predicted molar refractivity (Wildman–Crippen MR) is 78.6 cm³/mol. The second kappa shape index (κ2) is 5.54. The molecule has 106 valence electrons. The monoisotopic (exact) mass is 291 g/mol. The Balaban J connectivity index is 1.95. The first-order chi connectivity index (χ1) is 9.75. The van der Waals surface area contributed by atoms with E-state index in [1.165, 1.54) is 19.3 Å². The summed E-state index contributed by atoms with van der Waals surface area (Å²) in [4.78, 5) is 4.57. The van der Waals surface area contributed by atoms with Crippen molar-refractivity contribution in [2.75, 3.05) is 6.54 Å². The van der Waals surface area contributed by atoms with Crippen molar-refractivity contribution in [2.45, 2.75) is 37.5 Å². The van der Waals surface area contributed by atoms with Gasteiger partial charge in [-0.15, -0.1) is 0 Å². The molecule has 1 aromatic carbocycles. The molecule has 1 heterocycles. The lowest BCUT2D eigenvalue weighted by Gasteiger charge is -2.32. The zero-order valence-electron chi connectivity index (χ0n) is 11.3. The number of aromatic nitrogens is 2. The van der Waals surface area contributed by atoms with Gasteiger partial charge in [-0.05, 0) is 25.0 Å². The fourth-order valence-corrected chi connectivity index (χ4v) is 3.14. The van der Waals surface area contributed by atoms with Gasteiger partial charge in [-0.25, -0.2) is 0 Å². The summed E-state index contributed by atoms with van der Waals surface area (Å²) >= 11 is 6.18. The van der Waals surface area contributed by atoms with Crippen molar-refractivity contribution in [3.05, 3.63) is 35.2 Å². The van der Waals surface area contributed by atoms with Gasteiger partial charge in [0.25, 0.3) is 0 Å². The number of hydrogen-bond acceptors (Lipinski definition) is 4. The summed E-state index contributed by atoms with van der Waals surface area (Å²) in [6, 6.07) is 7.52. The molecule has 0 amide bonds. The predicted octanol–water partition coefficient (Wildman–Crippen LogP) is 3.55. The van der Waals surface area contributed by atoms with E-state index in [1.807, 2.05) is 24.3 Å². The highest BCUT2D eigenvalue weighted by Crippen LogP contribution is 2.38. The molecule has 0 saturated heterocycles. The largest absolute Gasteiger partial charge is 0.338 e. The van der Waals surface area contributed by atoms with Crippen molar-refractivity contribution in [1.82, 2.24) is 10.1 Å². The first kappa shape index (κ1) is 13.6. The molecule has 2 aromatic rings. The summed E-state index contributed by atoms with van der Waals surface area (Å²) in [7, 11) is 0. The SMILES string of the molecule is NCC1(c2nc(-c3ccccc3Cl)no2)CCCCC1. The minimum Gasteiger partial charge on any atom is -0.338 e. The molecule has 0 atom stereocenters. The molecule has 2 N–H and O–H groups in total. The second-order valence-electron chi connectivity index (χ2n) is 5.45. The Labute approximate surface area is 123 Å². The van der Waals surface area contributed by atoms with Crippen LogP contribution in [0.1, 0.15) is 38.0 Å². The van der Waals surface area contributed by atoms with Gasteiger partial charge in [0.05, 0.1) is 10.4 Å². The zero-order valence-corrected chi connectivity index (χ0v) is 12.1. The fraction of sp³-hybridized carbons (Fsp3) is 0.467. The molecule has 1 aromatic heterocycles. The van der Waals surface area contributed by atoms with Crippen LogP contribution in [-0.2, 0) is 5.41 Å². The van der Waals surface area contributed by atoms with E-state index < -0.39 is 0 Å². The molecule has 1 saturated carbocycles. The van der Waals surface area contributed by atoms with Crippen LogP contribution in [0, 0.1) is 0 Å². The quantitative estimate of drug-likeness (QED) is 0.939. The molecule has 0 unspecified atom stereocenters. The first-order valence-corrected chi connectivity index (χ1v) is 7.42. The minimum absolute atomic E-state index is 0.148. The Morgan fingerprint density at radius 3 is 2.65 bits per heavy atom. The summed E-state index contributed by atoms with van der Waals surface area (Å²) in [5, 5.41) is 4.72. The summed E-state index contributed by atoms with van der Waals surface area (Å²) < 4.78 is 5.51. The van der Waals surface area contributed by atoms with E-state index in [1.54, 1.807) is 0 Å². The van der Waals surface area contributed by atoms with E-state index in [4.69, 9.17) is 21.9 Å². The standard InChI is InChI=1S/C15H18ClN3O/c16-12-7-3-2-6-11(12)13-18-14(20-19-13)15(10-17)8-4-1-5-9-15/h2-3,6-7H,1,4-5,8-10,17H2. The number of nitrogens with two attached hydrogens (primary N) is 1. The van der Waals surface area contributed by atoms with Crippen LogP contribution < -0.4 is 5.73 Å². The Kier molecular flexibility index (Phi) is 3.76. The minimum atomic E-state index is -0.148. The molecule has 3 rings (SSSR count). The molecule has 0 bridgehead atoms. The molecule has 0 radical (unpaired) electrons. The highest BCUT2D eigenvalue weighted by atomic mass is 35.5. The normalized spacial score (nSPS) is 18.1. The van der Waals surface area contributed by atoms with E-state index >= 15 is 0 Å². The Hall–Kier alpha value is -1.39. The van der Waals surface area contributed by atoms with E-state index in [0.29, 0.717) is 23.3 Å². The second-order valence-corrected chi connectivity index (χ2v) is 5.86. The van der Waals surface area contributed by atoms with Gasteiger partial charge in [-0.2, -0.15) is 4.98 Å². The van der Waals surface area contributed by atoms with E-state index in [2.05, 4.69) is 10.1 Å². The third-order valence-corrected chi connectivity index (χ3v) is 4.53. The average molecular weight is 292 g/mol. The Bertz CT molecular complexity index is 590. The van der Waals surface area contributed by atoms with Crippen molar-refractivity contribution in [3.63, 3.8) is 0 Å². The first-order valence-electron chi connectivity index (χ1n) is 7.04. The van der Waals surface area contributed by atoms with Gasteiger partial charge in [0.1, 0.15) is 0 Å². The fourth-order valence-electron chi connectivity index (χ4n) is 2.92. The van der Waals surface area contributed by atoms with Crippen LogP contribution in [0.25, 0.3) is 11.4 Å². The third kappa shape index (κ3) is 2.34. The molecule has 20 heavy (non-hydrogen) atoms. The van der Waals surface area contributed by atoms with Gasteiger partial charge in [-0.1, -0.05) is 48.2 Å². The number of rotatable bonds is 3. The molecule has 1 aliphatic rings. The average Bonchev–Trinajstić information content (AvgIpc) is 2.98. The van der Waals surface area contributed by atoms with Gasteiger partial charge in [0, 0.05) is 12.1 Å². The maximum atomic E-state index is 6.18. The molecule has 0 aliphatic heterocycles. The van der Waals surface area contributed by atoms with E-state index in [0.717, 1.165) is 18.4 Å². The number of hydrogen-bond donors (Lipinski definition) is 1. The Morgan fingerprint density at radius 1 is 1.20 bits per heavy atom. The summed E-state index contributed by atoms with van der Waals surface area (Å²) in [6.45, 7) is 0.553. The number of halogens is 1. The third-order valence-electron chi connectivity index (χ3n) is 4.20. The molecule has 1 fully saturated rings. The lowest BCUT2D eigenvalue weighted by Crippen LogP contribution is -2.37. The molecule has 0 spiro atoms.